The molecule has 0 saturated heterocycles. The molecule has 1 aromatic heterocycles. The summed E-state index contributed by atoms with van der Waals surface area (Å²) >= 11 is 0. The molecule has 0 aliphatic carbocycles. The molecule has 3 N–H and O–H groups in total. The standard InChI is InChI=1S/C24H32FN5O5.ClH/c1-15(2)10-19(24(34)26-21-8-9-29(27-21)12-16(32)14-31)30-13-17(11-22(30)33)35-20-7-5-6-18(23(20)25)28(3)4;/h5-9,11,15-16,19,31-32H,10,12-14H2,1-4H3,(H,26,27,34);1H/t16-,19+;/m1./s1. The average Bonchev–Trinajstić information content (AvgIpc) is 3.38. The molecule has 1 aliphatic rings. The van der Waals surface area contributed by atoms with E-state index in [1.54, 1.807) is 43.4 Å². The number of carbonyl (C=O) groups excluding carboxylic acids is 2. The summed E-state index contributed by atoms with van der Waals surface area (Å²) in [5.41, 5.74) is 0.354. The third-order valence-corrected chi connectivity index (χ3v) is 5.43. The maximum Gasteiger partial charge on any atom is 0.251 e. The smallest absolute Gasteiger partial charge is 0.251 e. The number of rotatable bonds is 11. The van der Waals surface area contributed by atoms with Gasteiger partial charge in [-0.1, -0.05) is 19.9 Å². The molecule has 1 aliphatic heterocycles. The molecule has 0 spiro atoms. The lowest BCUT2D eigenvalue weighted by atomic mass is 10.0. The van der Waals surface area contributed by atoms with Crippen LogP contribution in [0.25, 0.3) is 0 Å². The zero-order valence-corrected chi connectivity index (χ0v) is 21.5. The van der Waals surface area contributed by atoms with E-state index in [9.17, 15) is 19.1 Å². The maximum atomic E-state index is 14.8. The fourth-order valence-corrected chi connectivity index (χ4v) is 3.74. The third kappa shape index (κ3) is 7.19. The van der Waals surface area contributed by atoms with Crippen molar-refractivity contribution in [1.29, 1.82) is 0 Å². The van der Waals surface area contributed by atoms with Gasteiger partial charge in [0.2, 0.25) is 5.91 Å². The van der Waals surface area contributed by atoms with Gasteiger partial charge in [-0.25, -0.2) is 4.39 Å². The van der Waals surface area contributed by atoms with E-state index in [4.69, 9.17) is 9.84 Å². The number of anilines is 2. The predicted molar refractivity (Wildman–Crippen MR) is 136 cm³/mol. The molecule has 2 heterocycles. The number of nitrogens with one attached hydrogen (secondary N) is 1. The Balaban J connectivity index is 0.00000456. The summed E-state index contributed by atoms with van der Waals surface area (Å²) < 4.78 is 21.9. The van der Waals surface area contributed by atoms with Crippen LogP contribution < -0.4 is 15.0 Å². The molecule has 2 amide bonds. The summed E-state index contributed by atoms with van der Waals surface area (Å²) in [5.74, 6) is -0.756. The molecule has 2 aromatic rings. The van der Waals surface area contributed by atoms with Crippen molar-refractivity contribution in [2.75, 3.05) is 37.5 Å². The van der Waals surface area contributed by atoms with Crippen molar-refractivity contribution in [2.45, 2.75) is 39.0 Å². The van der Waals surface area contributed by atoms with Gasteiger partial charge in [-0.15, -0.1) is 12.4 Å². The average molecular weight is 526 g/mol. The number of hydrogen-bond acceptors (Lipinski definition) is 7. The van der Waals surface area contributed by atoms with E-state index in [-0.39, 0.29) is 48.7 Å². The van der Waals surface area contributed by atoms with Crippen LogP contribution in [0.1, 0.15) is 20.3 Å². The van der Waals surface area contributed by atoms with Crippen molar-refractivity contribution >= 4 is 35.7 Å². The number of aliphatic hydroxyl groups excluding tert-OH is 2. The summed E-state index contributed by atoms with van der Waals surface area (Å²) in [4.78, 5) is 28.9. The quantitative estimate of drug-likeness (QED) is 0.410. The van der Waals surface area contributed by atoms with Crippen molar-refractivity contribution in [1.82, 2.24) is 14.7 Å². The molecule has 1 aromatic carbocycles. The fraction of sp³-hybridized carbons (Fsp3) is 0.458. The molecule has 0 fully saturated rings. The van der Waals surface area contributed by atoms with E-state index in [2.05, 4.69) is 10.4 Å². The third-order valence-electron chi connectivity index (χ3n) is 5.43. The number of ether oxygens (including phenoxy) is 1. The second kappa shape index (κ2) is 12.7. The van der Waals surface area contributed by atoms with Crippen molar-refractivity contribution < 1.29 is 28.9 Å². The Kier molecular flexibility index (Phi) is 10.3. The molecule has 0 unspecified atom stereocenters. The largest absolute Gasteiger partial charge is 0.456 e. The molecule has 36 heavy (non-hydrogen) atoms. The monoisotopic (exact) mass is 525 g/mol. The number of hydrogen-bond donors (Lipinski definition) is 3. The summed E-state index contributed by atoms with van der Waals surface area (Å²) in [6.07, 6.45) is 2.26. The van der Waals surface area contributed by atoms with Crippen molar-refractivity contribution in [3.63, 3.8) is 0 Å². The Bertz CT molecular complexity index is 1090. The second-order valence-electron chi connectivity index (χ2n) is 9.06. The van der Waals surface area contributed by atoms with Gasteiger partial charge in [-0.05, 0) is 24.5 Å². The van der Waals surface area contributed by atoms with Crippen LogP contribution in [0.5, 0.6) is 5.75 Å². The van der Waals surface area contributed by atoms with Gasteiger partial charge in [-0.3, -0.25) is 14.3 Å². The van der Waals surface area contributed by atoms with Crippen LogP contribution >= 0.6 is 12.4 Å². The lowest BCUT2D eigenvalue weighted by Crippen LogP contribution is -2.46. The number of amides is 2. The minimum Gasteiger partial charge on any atom is -0.456 e. The summed E-state index contributed by atoms with van der Waals surface area (Å²) in [5, 5.41) is 25.4. The molecule has 0 radical (unpaired) electrons. The molecule has 2 atom stereocenters. The first-order valence-corrected chi connectivity index (χ1v) is 11.4. The Morgan fingerprint density at radius 1 is 1.31 bits per heavy atom. The van der Waals surface area contributed by atoms with Crippen LogP contribution in [0.2, 0.25) is 0 Å². The number of aromatic nitrogens is 2. The number of halogens is 2. The number of benzene rings is 1. The van der Waals surface area contributed by atoms with Gasteiger partial charge in [0, 0.05) is 32.4 Å². The second-order valence-corrected chi connectivity index (χ2v) is 9.06. The van der Waals surface area contributed by atoms with Crippen LogP contribution in [0.15, 0.2) is 42.3 Å². The highest BCUT2D eigenvalue weighted by Gasteiger charge is 2.35. The highest BCUT2D eigenvalue weighted by molar-refractivity contribution is 5.99. The van der Waals surface area contributed by atoms with E-state index in [0.717, 1.165) is 0 Å². The van der Waals surface area contributed by atoms with Crippen molar-refractivity contribution in [3.8, 4) is 5.75 Å². The minimum atomic E-state index is -0.970. The first-order chi connectivity index (χ1) is 16.6. The van der Waals surface area contributed by atoms with E-state index < -0.39 is 36.4 Å². The first-order valence-electron chi connectivity index (χ1n) is 11.4. The summed E-state index contributed by atoms with van der Waals surface area (Å²) in [6, 6.07) is 5.53. The van der Waals surface area contributed by atoms with Gasteiger partial charge >= 0.3 is 0 Å². The minimum absolute atomic E-state index is 0. The Morgan fingerprint density at radius 3 is 2.67 bits per heavy atom. The Hall–Kier alpha value is -3.15. The van der Waals surface area contributed by atoms with E-state index in [0.29, 0.717) is 12.1 Å². The Labute approximate surface area is 215 Å². The summed E-state index contributed by atoms with van der Waals surface area (Å²) in [6.45, 7) is 3.57. The maximum absolute atomic E-state index is 14.8. The molecule has 0 saturated carbocycles. The highest BCUT2D eigenvalue weighted by atomic mass is 35.5. The predicted octanol–water partition coefficient (Wildman–Crippen LogP) is 2.02. The van der Waals surface area contributed by atoms with Gasteiger partial charge < -0.3 is 30.1 Å². The van der Waals surface area contributed by atoms with Crippen LogP contribution in [0, 0.1) is 11.7 Å². The van der Waals surface area contributed by atoms with Gasteiger partial charge in [0.05, 0.1) is 31.5 Å². The molecule has 0 bridgehead atoms. The number of nitrogens with zero attached hydrogens (tertiary/aromatic N) is 4. The molecular formula is C24H33ClFN5O5. The zero-order chi connectivity index (χ0) is 25.7. The topological polar surface area (TPSA) is 120 Å². The normalized spacial score (nSPS) is 14.8. The van der Waals surface area contributed by atoms with E-state index in [1.165, 1.54) is 21.7 Å². The van der Waals surface area contributed by atoms with Gasteiger partial charge in [-0.2, -0.15) is 5.10 Å². The lowest BCUT2D eigenvalue weighted by Gasteiger charge is -2.28. The number of carbonyl (C=O) groups is 2. The summed E-state index contributed by atoms with van der Waals surface area (Å²) in [7, 11) is 3.44. The van der Waals surface area contributed by atoms with E-state index in [1.807, 2.05) is 13.8 Å². The number of aliphatic hydroxyl groups is 2. The molecule has 12 heteroatoms. The highest BCUT2D eigenvalue weighted by Crippen LogP contribution is 2.29. The van der Waals surface area contributed by atoms with Crippen LogP contribution in [0.3, 0.4) is 0 Å². The Morgan fingerprint density at radius 2 is 2.03 bits per heavy atom. The van der Waals surface area contributed by atoms with Crippen LogP contribution in [-0.4, -0.2) is 76.1 Å². The molecule has 198 valence electrons. The molecule has 3 rings (SSSR count). The van der Waals surface area contributed by atoms with E-state index >= 15 is 0 Å². The van der Waals surface area contributed by atoms with Gasteiger partial charge in [0.15, 0.2) is 17.4 Å². The lowest BCUT2D eigenvalue weighted by molar-refractivity contribution is -0.133. The fourth-order valence-electron chi connectivity index (χ4n) is 3.74. The van der Waals surface area contributed by atoms with Crippen molar-refractivity contribution in [2.24, 2.45) is 5.92 Å². The van der Waals surface area contributed by atoms with Gasteiger partial charge in [0.1, 0.15) is 11.8 Å². The first kappa shape index (κ1) is 29.1. The van der Waals surface area contributed by atoms with Crippen LogP contribution in [0.4, 0.5) is 15.9 Å². The zero-order valence-electron chi connectivity index (χ0n) is 20.7. The van der Waals surface area contributed by atoms with Crippen molar-refractivity contribution in [3.05, 3.63) is 48.1 Å². The van der Waals surface area contributed by atoms with Gasteiger partial charge in [0.25, 0.3) is 5.91 Å². The molecular weight excluding hydrogens is 493 g/mol. The van der Waals surface area contributed by atoms with Crippen LogP contribution in [-0.2, 0) is 16.1 Å². The SMILES string of the molecule is CC(C)C[C@@H](C(=O)Nc1ccn(C[C@@H](O)CO)n1)N1CC(Oc2cccc(N(C)C)c2F)=CC1=O.Cl. The molecule has 10 nitrogen and oxygen atoms in total.